The van der Waals surface area contributed by atoms with Gasteiger partial charge in [0.2, 0.25) is 0 Å². The van der Waals surface area contributed by atoms with Crippen molar-refractivity contribution in [1.82, 2.24) is 0 Å². The van der Waals surface area contributed by atoms with E-state index in [9.17, 15) is 4.79 Å². The Morgan fingerprint density at radius 3 is 2.22 bits per heavy atom. The monoisotopic (exact) mass is 134 g/mol. The first-order valence-electron chi connectivity index (χ1n) is 2.57. The van der Waals surface area contributed by atoms with Crippen molar-refractivity contribution >= 4 is 5.97 Å². The zero-order chi connectivity index (χ0) is 7.49. The van der Waals surface area contributed by atoms with Gasteiger partial charge in [0.15, 0.2) is 0 Å². The summed E-state index contributed by atoms with van der Waals surface area (Å²) >= 11 is 0. The van der Waals surface area contributed by atoms with Crippen LogP contribution in [0.15, 0.2) is 0 Å². The zero-order valence-electron chi connectivity index (χ0n) is 5.42. The van der Waals surface area contributed by atoms with E-state index < -0.39 is 11.8 Å². The molecule has 0 saturated heterocycles. The number of ether oxygens (including phenoxy) is 1. The Bertz CT molecular complexity index is 108. The molecule has 0 rings (SSSR count). The first-order chi connectivity index (χ1) is 4.04. The van der Waals surface area contributed by atoms with Crippen LogP contribution in [0.4, 0.5) is 0 Å². The van der Waals surface area contributed by atoms with E-state index in [0.29, 0.717) is 0 Å². The fraction of sp³-hybridized carbons (Fsp3) is 0.800. The van der Waals surface area contributed by atoms with Crippen molar-refractivity contribution in [3.05, 3.63) is 0 Å². The SMILES string of the molecule is CCC(O)(O)C(=O)OC. The summed E-state index contributed by atoms with van der Waals surface area (Å²) in [6.45, 7) is 1.47. The molecule has 0 aromatic heterocycles. The van der Waals surface area contributed by atoms with Gasteiger partial charge in [-0.2, -0.15) is 0 Å². The molecular formula is C5H10O4. The van der Waals surface area contributed by atoms with Crippen molar-refractivity contribution in [1.29, 1.82) is 0 Å². The molecule has 0 heterocycles. The Morgan fingerprint density at radius 1 is 1.67 bits per heavy atom. The van der Waals surface area contributed by atoms with Crippen LogP contribution < -0.4 is 0 Å². The summed E-state index contributed by atoms with van der Waals surface area (Å²) in [5, 5.41) is 17.3. The molecule has 54 valence electrons. The molecule has 0 aliphatic heterocycles. The molecule has 4 heteroatoms. The molecule has 0 bridgehead atoms. The van der Waals surface area contributed by atoms with Crippen molar-refractivity contribution in [3.63, 3.8) is 0 Å². The van der Waals surface area contributed by atoms with E-state index in [-0.39, 0.29) is 6.42 Å². The van der Waals surface area contributed by atoms with Crippen LogP contribution in [0.1, 0.15) is 13.3 Å². The van der Waals surface area contributed by atoms with Crippen LogP contribution in [-0.2, 0) is 9.53 Å². The Morgan fingerprint density at radius 2 is 2.11 bits per heavy atom. The Hall–Kier alpha value is -0.610. The molecule has 0 atom stereocenters. The highest BCUT2D eigenvalue weighted by atomic mass is 16.6. The number of hydrogen-bond donors (Lipinski definition) is 2. The number of rotatable bonds is 2. The Labute approximate surface area is 53.1 Å². The van der Waals surface area contributed by atoms with Crippen molar-refractivity contribution in [3.8, 4) is 0 Å². The van der Waals surface area contributed by atoms with E-state index in [0.717, 1.165) is 7.11 Å². The third-order valence-electron chi connectivity index (χ3n) is 1.01. The minimum absolute atomic E-state index is 0.0698. The molecule has 0 aromatic carbocycles. The molecule has 2 N–H and O–H groups in total. The molecule has 4 nitrogen and oxygen atoms in total. The highest BCUT2D eigenvalue weighted by Crippen LogP contribution is 2.05. The van der Waals surface area contributed by atoms with Crippen LogP contribution in [0.3, 0.4) is 0 Å². The maximum absolute atomic E-state index is 10.3. The lowest BCUT2D eigenvalue weighted by Crippen LogP contribution is -2.38. The average Bonchev–Trinajstić information content (AvgIpc) is 1.86. The quantitative estimate of drug-likeness (QED) is 0.385. The summed E-state index contributed by atoms with van der Waals surface area (Å²) < 4.78 is 4.07. The van der Waals surface area contributed by atoms with Crippen LogP contribution in [0.5, 0.6) is 0 Å². The third kappa shape index (κ3) is 1.99. The second-order valence-corrected chi connectivity index (χ2v) is 1.66. The summed E-state index contributed by atoms with van der Waals surface area (Å²) in [7, 11) is 1.10. The molecule has 0 aromatic rings. The third-order valence-corrected chi connectivity index (χ3v) is 1.01. The molecule has 0 amide bonds. The van der Waals surface area contributed by atoms with Gasteiger partial charge >= 0.3 is 5.97 Å². The van der Waals surface area contributed by atoms with Gasteiger partial charge < -0.3 is 14.9 Å². The average molecular weight is 134 g/mol. The summed E-state index contributed by atoms with van der Waals surface area (Å²) in [6.07, 6.45) is -0.0698. The van der Waals surface area contributed by atoms with Crippen molar-refractivity contribution in [2.45, 2.75) is 19.1 Å². The molecule has 0 spiro atoms. The highest BCUT2D eigenvalue weighted by molar-refractivity contribution is 5.76. The van der Waals surface area contributed by atoms with Crippen molar-refractivity contribution in [2.24, 2.45) is 0 Å². The van der Waals surface area contributed by atoms with Gasteiger partial charge in [0, 0.05) is 6.42 Å². The van der Waals surface area contributed by atoms with Crippen LogP contribution >= 0.6 is 0 Å². The number of hydrogen-bond acceptors (Lipinski definition) is 4. The van der Waals surface area contributed by atoms with Crippen molar-refractivity contribution < 1.29 is 19.7 Å². The van der Waals surface area contributed by atoms with E-state index in [4.69, 9.17) is 10.2 Å². The predicted octanol–water partition coefficient (Wildman–Crippen LogP) is -0.750. The van der Waals surface area contributed by atoms with Gasteiger partial charge in [0.1, 0.15) is 0 Å². The normalized spacial score (nSPS) is 11.1. The van der Waals surface area contributed by atoms with Gasteiger partial charge in [-0.15, -0.1) is 0 Å². The largest absolute Gasteiger partial charge is 0.465 e. The van der Waals surface area contributed by atoms with Crippen LogP contribution in [0, 0.1) is 0 Å². The summed E-state index contributed by atoms with van der Waals surface area (Å²) in [4.78, 5) is 10.3. The smallest absolute Gasteiger partial charge is 0.366 e. The van der Waals surface area contributed by atoms with E-state index in [1.165, 1.54) is 6.92 Å². The fourth-order valence-corrected chi connectivity index (χ4v) is 0.308. The van der Waals surface area contributed by atoms with Crippen LogP contribution in [0.2, 0.25) is 0 Å². The lowest BCUT2D eigenvalue weighted by atomic mass is 10.2. The van der Waals surface area contributed by atoms with Gasteiger partial charge in [-0.3, -0.25) is 0 Å². The number of esters is 1. The van der Waals surface area contributed by atoms with Gasteiger partial charge in [-0.1, -0.05) is 6.92 Å². The number of carbonyl (C=O) groups is 1. The van der Waals surface area contributed by atoms with Gasteiger partial charge in [-0.25, -0.2) is 4.79 Å². The molecule has 0 saturated carbocycles. The molecule has 9 heavy (non-hydrogen) atoms. The highest BCUT2D eigenvalue weighted by Gasteiger charge is 2.31. The summed E-state index contributed by atoms with van der Waals surface area (Å²) in [6, 6.07) is 0. The van der Waals surface area contributed by atoms with E-state index in [1.54, 1.807) is 0 Å². The lowest BCUT2D eigenvalue weighted by Gasteiger charge is -2.14. The second-order valence-electron chi connectivity index (χ2n) is 1.66. The maximum Gasteiger partial charge on any atom is 0.366 e. The van der Waals surface area contributed by atoms with Crippen LogP contribution in [0.25, 0.3) is 0 Å². The molecular weight excluding hydrogens is 124 g/mol. The number of carbonyl (C=O) groups excluding carboxylic acids is 1. The Balaban J connectivity index is 3.97. The van der Waals surface area contributed by atoms with E-state index in [2.05, 4.69) is 4.74 Å². The lowest BCUT2D eigenvalue weighted by molar-refractivity contribution is -0.207. The summed E-state index contributed by atoms with van der Waals surface area (Å²) in [5.74, 6) is -3.33. The van der Waals surface area contributed by atoms with Crippen molar-refractivity contribution in [2.75, 3.05) is 7.11 Å². The van der Waals surface area contributed by atoms with Gasteiger partial charge in [0.05, 0.1) is 7.11 Å². The second kappa shape index (κ2) is 2.80. The molecule has 0 radical (unpaired) electrons. The summed E-state index contributed by atoms with van der Waals surface area (Å²) in [5.41, 5.74) is 0. The standard InChI is InChI=1S/C5H10O4/c1-3-5(7,8)4(6)9-2/h7-8H,3H2,1-2H3. The molecule has 0 fully saturated rings. The first-order valence-corrected chi connectivity index (χ1v) is 2.57. The molecule has 0 unspecified atom stereocenters. The zero-order valence-corrected chi connectivity index (χ0v) is 5.42. The topological polar surface area (TPSA) is 66.8 Å². The minimum Gasteiger partial charge on any atom is -0.465 e. The molecule has 0 aliphatic rings. The molecule has 0 aliphatic carbocycles. The Kier molecular flexibility index (Phi) is 2.61. The fourth-order valence-electron chi connectivity index (χ4n) is 0.308. The van der Waals surface area contributed by atoms with E-state index in [1.807, 2.05) is 0 Å². The predicted molar refractivity (Wildman–Crippen MR) is 29.5 cm³/mol. The van der Waals surface area contributed by atoms with Gasteiger partial charge in [0.25, 0.3) is 5.79 Å². The van der Waals surface area contributed by atoms with Crippen LogP contribution in [-0.4, -0.2) is 29.1 Å². The first kappa shape index (κ1) is 8.39. The number of methoxy groups -OCH3 is 1. The number of aliphatic hydroxyl groups is 2. The minimum atomic E-state index is -2.31. The maximum atomic E-state index is 10.3. The van der Waals surface area contributed by atoms with Gasteiger partial charge in [-0.05, 0) is 0 Å². The van der Waals surface area contributed by atoms with E-state index >= 15 is 0 Å².